The van der Waals surface area contributed by atoms with Gasteiger partial charge in [0.1, 0.15) is 6.61 Å². The van der Waals surface area contributed by atoms with E-state index in [1.54, 1.807) is 14.2 Å². The highest BCUT2D eigenvalue weighted by Crippen LogP contribution is 2.37. The number of methoxy groups -OCH3 is 2. The molecule has 0 aromatic heterocycles. The second kappa shape index (κ2) is 12.5. The van der Waals surface area contributed by atoms with Crippen LogP contribution in [0, 0.1) is 6.92 Å². The Kier molecular flexibility index (Phi) is 9.46. The van der Waals surface area contributed by atoms with Gasteiger partial charge in [-0.05, 0) is 83.7 Å². The maximum absolute atomic E-state index is 6.13. The van der Waals surface area contributed by atoms with Crippen molar-refractivity contribution >= 4 is 15.9 Å². The minimum Gasteiger partial charge on any atom is -0.493 e. The lowest BCUT2D eigenvalue weighted by molar-refractivity contribution is 0.267. The zero-order chi connectivity index (χ0) is 23.6. The van der Waals surface area contributed by atoms with E-state index < -0.39 is 0 Å². The summed E-state index contributed by atoms with van der Waals surface area (Å²) >= 11 is 3.67. The van der Waals surface area contributed by atoms with Crippen molar-refractivity contribution in [3.8, 4) is 23.0 Å². The highest BCUT2D eigenvalue weighted by molar-refractivity contribution is 9.10. The van der Waals surface area contributed by atoms with E-state index in [2.05, 4.69) is 58.5 Å². The molecular weight excluding hydrogens is 482 g/mol. The fourth-order valence-corrected chi connectivity index (χ4v) is 4.19. The summed E-state index contributed by atoms with van der Waals surface area (Å²) in [4.78, 5) is 0. The maximum atomic E-state index is 6.13. The molecule has 3 rings (SSSR count). The first kappa shape index (κ1) is 24.9. The van der Waals surface area contributed by atoms with Crippen molar-refractivity contribution in [2.75, 3.05) is 27.4 Å². The third-order valence-electron chi connectivity index (χ3n) is 5.20. The molecule has 5 nitrogen and oxygen atoms in total. The molecule has 176 valence electrons. The molecule has 0 saturated carbocycles. The van der Waals surface area contributed by atoms with Gasteiger partial charge in [-0.2, -0.15) is 0 Å². The van der Waals surface area contributed by atoms with Crippen LogP contribution in [0.5, 0.6) is 23.0 Å². The van der Waals surface area contributed by atoms with Gasteiger partial charge in [0.25, 0.3) is 0 Å². The van der Waals surface area contributed by atoms with Crippen molar-refractivity contribution < 1.29 is 18.9 Å². The fraction of sp³-hybridized carbons (Fsp3) is 0.333. The molecule has 0 heterocycles. The van der Waals surface area contributed by atoms with Gasteiger partial charge < -0.3 is 24.3 Å². The minimum atomic E-state index is 0.489. The molecular formula is C27H32BrNO4. The molecule has 33 heavy (non-hydrogen) atoms. The first-order valence-electron chi connectivity index (χ1n) is 11.1. The van der Waals surface area contributed by atoms with Crippen LogP contribution >= 0.6 is 15.9 Å². The molecule has 0 aliphatic rings. The topological polar surface area (TPSA) is 49.0 Å². The number of nitrogens with one attached hydrogen (secondary N) is 1. The Labute approximate surface area is 205 Å². The number of hydrogen-bond acceptors (Lipinski definition) is 5. The Hall–Kier alpha value is -2.70. The predicted molar refractivity (Wildman–Crippen MR) is 136 cm³/mol. The predicted octanol–water partition coefficient (Wildman–Crippen LogP) is 6.08. The van der Waals surface area contributed by atoms with Crippen LogP contribution in [0.25, 0.3) is 0 Å². The molecule has 0 aliphatic carbocycles. The molecule has 0 spiro atoms. The Morgan fingerprint density at radius 2 is 1.61 bits per heavy atom. The molecule has 0 atom stereocenters. The third kappa shape index (κ3) is 7.14. The summed E-state index contributed by atoms with van der Waals surface area (Å²) in [5.41, 5.74) is 4.66. The van der Waals surface area contributed by atoms with E-state index in [-0.39, 0.29) is 0 Å². The van der Waals surface area contributed by atoms with Crippen LogP contribution in [0.3, 0.4) is 0 Å². The second-order valence-corrected chi connectivity index (χ2v) is 8.59. The van der Waals surface area contributed by atoms with Crippen molar-refractivity contribution in [3.05, 3.63) is 81.3 Å². The summed E-state index contributed by atoms with van der Waals surface area (Å²) in [7, 11) is 3.30. The van der Waals surface area contributed by atoms with Crippen LogP contribution in [0.1, 0.15) is 29.2 Å². The SMILES string of the molecule is CCOc1cc(CNCCc2ccc(OC)c(OC)c2)cc(Br)c1OCc1cccc(C)c1. The van der Waals surface area contributed by atoms with Crippen LogP contribution in [-0.4, -0.2) is 27.4 Å². The normalized spacial score (nSPS) is 10.7. The van der Waals surface area contributed by atoms with Crippen molar-refractivity contribution in [1.29, 1.82) is 0 Å². The van der Waals surface area contributed by atoms with Crippen LogP contribution in [0.4, 0.5) is 0 Å². The van der Waals surface area contributed by atoms with Gasteiger partial charge in [0.2, 0.25) is 0 Å². The molecule has 0 saturated heterocycles. The summed E-state index contributed by atoms with van der Waals surface area (Å²) < 4.78 is 23.6. The lowest BCUT2D eigenvalue weighted by Crippen LogP contribution is -2.17. The van der Waals surface area contributed by atoms with Crippen LogP contribution < -0.4 is 24.3 Å². The van der Waals surface area contributed by atoms with Crippen molar-refractivity contribution in [1.82, 2.24) is 5.32 Å². The van der Waals surface area contributed by atoms with Crippen molar-refractivity contribution in [2.24, 2.45) is 0 Å². The number of ether oxygens (including phenoxy) is 4. The van der Waals surface area contributed by atoms with Gasteiger partial charge in [-0.25, -0.2) is 0 Å². The quantitative estimate of drug-likeness (QED) is 0.297. The van der Waals surface area contributed by atoms with Gasteiger partial charge >= 0.3 is 0 Å². The first-order chi connectivity index (χ1) is 16.0. The lowest BCUT2D eigenvalue weighted by Gasteiger charge is -2.16. The highest BCUT2D eigenvalue weighted by Gasteiger charge is 2.13. The smallest absolute Gasteiger partial charge is 0.175 e. The Morgan fingerprint density at radius 3 is 2.33 bits per heavy atom. The van der Waals surface area contributed by atoms with E-state index in [1.807, 2.05) is 31.2 Å². The maximum Gasteiger partial charge on any atom is 0.175 e. The average Bonchev–Trinajstić information content (AvgIpc) is 2.81. The van der Waals surface area contributed by atoms with Gasteiger partial charge in [0.15, 0.2) is 23.0 Å². The molecule has 1 N–H and O–H groups in total. The molecule has 0 aliphatic heterocycles. The summed E-state index contributed by atoms with van der Waals surface area (Å²) in [5.74, 6) is 2.97. The molecule has 6 heteroatoms. The number of aryl methyl sites for hydroxylation is 1. The molecule has 3 aromatic rings. The summed E-state index contributed by atoms with van der Waals surface area (Å²) in [6, 6.07) is 18.5. The van der Waals surface area contributed by atoms with Gasteiger partial charge in [0.05, 0.1) is 25.3 Å². The number of halogens is 1. The van der Waals surface area contributed by atoms with E-state index in [1.165, 1.54) is 11.1 Å². The minimum absolute atomic E-state index is 0.489. The standard InChI is InChI=1S/C27H32BrNO4/c1-5-32-26-16-22(14-23(28)27(26)33-18-21-8-6-7-19(2)13-21)17-29-12-11-20-9-10-24(30-3)25(15-20)31-4/h6-10,13-16,29H,5,11-12,17-18H2,1-4H3. The summed E-state index contributed by atoms with van der Waals surface area (Å²) in [6.45, 7) is 6.68. The zero-order valence-electron chi connectivity index (χ0n) is 19.7. The van der Waals surface area contributed by atoms with Gasteiger partial charge in [0, 0.05) is 6.54 Å². The van der Waals surface area contributed by atoms with Crippen LogP contribution in [0.2, 0.25) is 0 Å². The largest absolute Gasteiger partial charge is 0.493 e. The summed E-state index contributed by atoms with van der Waals surface area (Å²) in [6.07, 6.45) is 0.886. The molecule has 0 bridgehead atoms. The number of rotatable bonds is 12. The summed E-state index contributed by atoms with van der Waals surface area (Å²) in [5, 5.41) is 3.51. The van der Waals surface area contributed by atoms with E-state index in [9.17, 15) is 0 Å². The zero-order valence-corrected chi connectivity index (χ0v) is 21.3. The Bertz CT molecular complexity index is 1050. The Morgan fingerprint density at radius 1 is 0.818 bits per heavy atom. The van der Waals surface area contributed by atoms with Crippen LogP contribution in [-0.2, 0) is 19.6 Å². The molecule has 0 amide bonds. The van der Waals surface area contributed by atoms with Gasteiger partial charge in [-0.1, -0.05) is 35.9 Å². The fourth-order valence-electron chi connectivity index (χ4n) is 3.59. The second-order valence-electron chi connectivity index (χ2n) is 7.73. The molecule has 0 fully saturated rings. The lowest BCUT2D eigenvalue weighted by atomic mass is 10.1. The molecule has 0 radical (unpaired) electrons. The van der Waals surface area contributed by atoms with Crippen molar-refractivity contribution in [2.45, 2.75) is 33.4 Å². The molecule has 3 aromatic carbocycles. The monoisotopic (exact) mass is 513 g/mol. The van der Waals surface area contributed by atoms with Gasteiger partial charge in [-0.15, -0.1) is 0 Å². The third-order valence-corrected chi connectivity index (χ3v) is 5.79. The van der Waals surface area contributed by atoms with E-state index in [0.29, 0.717) is 13.2 Å². The highest BCUT2D eigenvalue weighted by atomic mass is 79.9. The van der Waals surface area contributed by atoms with E-state index in [4.69, 9.17) is 18.9 Å². The molecule has 0 unspecified atom stereocenters. The van der Waals surface area contributed by atoms with E-state index >= 15 is 0 Å². The first-order valence-corrected chi connectivity index (χ1v) is 11.9. The van der Waals surface area contributed by atoms with E-state index in [0.717, 1.165) is 58.1 Å². The number of benzene rings is 3. The van der Waals surface area contributed by atoms with Gasteiger partial charge in [-0.3, -0.25) is 0 Å². The average molecular weight is 514 g/mol. The van der Waals surface area contributed by atoms with Crippen LogP contribution in [0.15, 0.2) is 59.1 Å². The number of hydrogen-bond donors (Lipinski definition) is 1. The Balaban J connectivity index is 1.60. The van der Waals surface area contributed by atoms with Crippen molar-refractivity contribution in [3.63, 3.8) is 0 Å².